The first-order valence-corrected chi connectivity index (χ1v) is 5.16. The van der Waals surface area contributed by atoms with E-state index in [0.29, 0.717) is 6.07 Å². The van der Waals surface area contributed by atoms with Crippen molar-refractivity contribution < 1.29 is 27.4 Å². The number of pyridine rings is 1. The van der Waals surface area contributed by atoms with Crippen LogP contribution in [-0.2, 0) is 16.0 Å². The molecular weight excluding hydrogens is 251 g/mol. The summed E-state index contributed by atoms with van der Waals surface area (Å²) in [6, 6.07) is 0.582. The van der Waals surface area contributed by atoms with Crippen LogP contribution in [0.3, 0.4) is 0 Å². The summed E-state index contributed by atoms with van der Waals surface area (Å²) in [6.45, 7) is 1.73. The quantitative estimate of drug-likeness (QED) is 0.765. The summed E-state index contributed by atoms with van der Waals surface area (Å²) in [5.41, 5.74) is -0.946. The molecule has 0 saturated heterocycles. The summed E-state index contributed by atoms with van der Waals surface area (Å²) in [4.78, 5) is 14.8. The largest absolute Gasteiger partial charge is 0.492 e. The van der Waals surface area contributed by atoms with Crippen LogP contribution in [0.1, 0.15) is 24.7 Å². The molecular formula is C11H12F3NO3. The Labute approximate surface area is 102 Å². The van der Waals surface area contributed by atoms with Crippen molar-refractivity contribution in [2.24, 2.45) is 0 Å². The fourth-order valence-corrected chi connectivity index (χ4v) is 1.37. The highest BCUT2D eigenvalue weighted by molar-refractivity contribution is 5.72. The predicted molar refractivity (Wildman–Crippen MR) is 56.0 cm³/mol. The zero-order valence-electron chi connectivity index (χ0n) is 9.87. The summed E-state index contributed by atoms with van der Waals surface area (Å²) in [5.74, 6) is -2.00. The number of hydrogen-bond donors (Lipinski definition) is 0. The number of hydrogen-bond acceptors (Lipinski definition) is 4. The average Bonchev–Trinajstić information content (AvgIpc) is 2.28. The van der Waals surface area contributed by atoms with Gasteiger partial charge in [0, 0.05) is 6.07 Å². The SMILES string of the molecule is CCOC(=O)Cc1nc(C(F)F)cc(F)c1OC. The van der Waals surface area contributed by atoms with Gasteiger partial charge in [-0.15, -0.1) is 0 Å². The molecule has 0 unspecified atom stereocenters. The zero-order chi connectivity index (χ0) is 13.7. The Kier molecular flexibility index (Phi) is 4.94. The minimum Gasteiger partial charge on any atom is -0.492 e. The van der Waals surface area contributed by atoms with E-state index in [9.17, 15) is 18.0 Å². The van der Waals surface area contributed by atoms with Crippen LogP contribution < -0.4 is 4.74 Å². The normalized spacial score (nSPS) is 10.6. The van der Waals surface area contributed by atoms with Gasteiger partial charge in [-0.25, -0.2) is 18.2 Å². The highest BCUT2D eigenvalue weighted by Crippen LogP contribution is 2.26. The highest BCUT2D eigenvalue weighted by atomic mass is 19.3. The molecule has 1 aromatic rings. The summed E-state index contributed by atoms with van der Waals surface area (Å²) >= 11 is 0. The lowest BCUT2D eigenvalue weighted by Gasteiger charge is -2.10. The summed E-state index contributed by atoms with van der Waals surface area (Å²) in [6.07, 6.45) is -3.35. The van der Waals surface area contributed by atoms with Crippen molar-refractivity contribution in [2.45, 2.75) is 19.8 Å². The summed E-state index contributed by atoms with van der Waals surface area (Å²) in [5, 5.41) is 0. The lowest BCUT2D eigenvalue weighted by atomic mass is 10.2. The predicted octanol–water partition coefficient (Wildman–Crippen LogP) is 2.27. The molecule has 1 aromatic heterocycles. The molecule has 100 valence electrons. The van der Waals surface area contributed by atoms with E-state index in [1.165, 1.54) is 0 Å². The second-order valence-corrected chi connectivity index (χ2v) is 3.29. The van der Waals surface area contributed by atoms with Crippen LogP contribution in [-0.4, -0.2) is 24.7 Å². The van der Waals surface area contributed by atoms with Gasteiger partial charge in [0.2, 0.25) is 0 Å². The molecule has 1 heterocycles. The fraction of sp³-hybridized carbons (Fsp3) is 0.455. The molecule has 0 amide bonds. The lowest BCUT2D eigenvalue weighted by molar-refractivity contribution is -0.142. The van der Waals surface area contributed by atoms with Gasteiger partial charge in [0.25, 0.3) is 6.43 Å². The van der Waals surface area contributed by atoms with E-state index >= 15 is 0 Å². The number of aromatic nitrogens is 1. The Balaban J connectivity index is 3.10. The number of carbonyl (C=O) groups is 1. The summed E-state index contributed by atoms with van der Waals surface area (Å²) in [7, 11) is 1.16. The molecule has 0 radical (unpaired) electrons. The maximum atomic E-state index is 13.5. The van der Waals surface area contributed by atoms with Crippen LogP contribution in [0.2, 0.25) is 0 Å². The molecule has 0 atom stereocenters. The van der Waals surface area contributed by atoms with Crippen molar-refractivity contribution >= 4 is 5.97 Å². The van der Waals surface area contributed by atoms with Gasteiger partial charge in [-0.2, -0.15) is 0 Å². The van der Waals surface area contributed by atoms with Crippen molar-refractivity contribution in [1.82, 2.24) is 4.98 Å². The van der Waals surface area contributed by atoms with E-state index in [-0.39, 0.29) is 18.1 Å². The maximum absolute atomic E-state index is 13.5. The second-order valence-electron chi connectivity index (χ2n) is 3.29. The van der Waals surface area contributed by atoms with Crippen LogP contribution in [0.25, 0.3) is 0 Å². The molecule has 0 aliphatic heterocycles. The molecule has 0 aromatic carbocycles. The van der Waals surface area contributed by atoms with E-state index in [4.69, 9.17) is 4.74 Å². The van der Waals surface area contributed by atoms with Gasteiger partial charge >= 0.3 is 5.97 Å². The van der Waals surface area contributed by atoms with Crippen LogP contribution in [0.15, 0.2) is 6.07 Å². The number of alkyl halides is 2. The first-order chi connectivity index (χ1) is 8.49. The number of halogens is 3. The van der Waals surface area contributed by atoms with E-state index in [0.717, 1.165) is 7.11 Å². The molecule has 18 heavy (non-hydrogen) atoms. The highest BCUT2D eigenvalue weighted by Gasteiger charge is 2.20. The Morgan fingerprint density at radius 3 is 2.67 bits per heavy atom. The number of ether oxygens (including phenoxy) is 2. The topological polar surface area (TPSA) is 48.4 Å². The van der Waals surface area contributed by atoms with E-state index in [2.05, 4.69) is 9.72 Å². The Bertz CT molecular complexity index is 438. The third-order valence-corrected chi connectivity index (χ3v) is 2.06. The van der Waals surface area contributed by atoms with Crippen LogP contribution >= 0.6 is 0 Å². The zero-order valence-corrected chi connectivity index (χ0v) is 9.87. The van der Waals surface area contributed by atoms with Gasteiger partial charge in [-0.05, 0) is 6.92 Å². The Morgan fingerprint density at radius 2 is 2.17 bits per heavy atom. The maximum Gasteiger partial charge on any atom is 0.312 e. The van der Waals surface area contributed by atoms with E-state index in [1.807, 2.05) is 0 Å². The standard InChI is InChI=1S/C11H12F3NO3/c1-3-18-9(16)5-7-10(17-2)6(12)4-8(15-7)11(13)14/h4,11H,3,5H2,1-2H3. The van der Waals surface area contributed by atoms with E-state index < -0.39 is 30.3 Å². The Morgan fingerprint density at radius 1 is 1.50 bits per heavy atom. The third-order valence-electron chi connectivity index (χ3n) is 2.06. The number of carbonyl (C=O) groups excluding carboxylic acids is 1. The van der Waals surface area contributed by atoms with Gasteiger partial charge in [-0.1, -0.05) is 0 Å². The molecule has 7 heteroatoms. The molecule has 0 N–H and O–H groups in total. The third kappa shape index (κ3) is 3.35. The van der Waals surface area contributed by atoms with Crippen LogP contribution in [0.4, 0.5) is 13.2 Å². The number of esters is 1. The van der Waals surface area contributed by atoms with Gasteiger partial charge in [0.05, 0.1) is 25.8 Å². The molecule has 0 spiro atoms. The molecule has 0 saturated carbocycles. The smallest absolute Gasteiger partial charge is 0.312 e. The monoisotopic (exact) mass is 263 g/mol. The second kappa shape index (κ2) is 6.23. The Hall–Kier alpha value is -1.79. The first kappa shape index (κ1) is 14.3. The first-order valence-electron chi connectivity index (χ1n) is 5.16. The number of methoxy groups -OCH3 is 1. The van der Waals surface area contributed by atoms with Crippen molar-refractivity contribution in [3.63, 3.8) is 0 Å². The molecule has 4 nitrogen and oxygen atoms in total. The van der Waals surface area contributed by atoms with Crippen molar-refractivity contribution in [3.8, 4) is 5.75 Å². The fourth-order valence-electron chi connectivity index (χ4n) is 1.37. The minimum atomic E-state index is -2.92. The molecule has 1 rings (SSSR count). The van der Waals surface area contributed by atoms with Crippen molar-refractivity contribution in [2.75, 3.05) is 13.7 Å². The van der Waals surface area contributed by atoms with Gasteiger partial charge in [-0.3, -0.25) is 4.79 Å². The molecule has 0 aliphatic rings. The molecule has 0 bridgehead atoms. The van der Waals surface area contributed by atoms with Crippen LogP contribution in [0.5, 0.6) is 5.75 Å². The van der Waals surface area contributed by atoms with Gasteiger partial charge in [0.1, 0.15) is 5.69 Å². The van der Waals surface area contributed by atoms with Crippen LogP contribution in [0, 0.1) is 5.82 Å². The van der Waals surface area contributed by atoms with Gasteiger partial charge in [0.15, 0.2) is 11.6 Å². The van der Waals surface area contributed by atoms with Crippen molar-refractivity contribution in [1.29, 1.82) is 0 Å². The average molecular weight is 263 g/mol. The molecule has 0 aliphatic carbocycles. The van der Waals surface area contributed by atoms with Gasteiger partial charge < -0.3 is 9.47 Å². The van der Waals surface area contributed by atoms with Crippen molar-refractivity contribution in [3.05, 3.63) is 23.3 Å². The van der Waals surface area contributed by atoms with E-state index in [1.54, 1.807) is 6.92 Å². The minimum absolute atomic E-state index is 0.137. The lowest BCUT2D eigenvalue weighted by Crippen LogP contribution is -2.12. The summed E-state index contributed by atoms with van der Waals surface area (Å²) < 4.78 is 47.7. The number of rotatable bonds is 5. The molecule has 0 fully saturated rings. The number of nitrogens with zero attached hydrogens (tertiary/aromatic N) is 1.